The molecule has 140 valence electrons. The van der Waals surface area contributed by atoms with Crippen LogP contribution in [-0.2, 0) is 0 Å². The number of hydrogen-bond donors (Lipinski definition) is 1. The number of halogens is 1. The third-order valence-corrected chi connectivity index (χ3v) is 5.46. The van der Waals surface area contributed by atoms with Gasteiger partial charge < -0.3 is 10.2 Å². The number of benzene rings is 2. The maximum absolute atomic E-state index is 12.1. The molecule has 1 N–H and O–H groups in total. The van der Waals surface area contributed by atoms with Crippen LogP contribution in [0.2, 0.25) is 5.02 Å². The van der Waals surface area contributed by atoms with Gasteiger partial charge in [0.15, 0.2) is 0 Å². The fraction of sp³-hybridized carbons (Fsp3) is 0.0952. The summed E-state index contributed by atoms with van der Waals surface area (Å²) in [6.07, 6.45) is 1.55. The van der Waals surface area contributed by atoms with E-state index in [1.165, 1.54) is 0 Å². The number of fused-ring (bicyclic) bond motifs is 1. The molecule has 0 spiro atoms. The maximum Gasteiger partial charge on any atom is 0.253 e. The molecule has 1 amide bonds. The Kier molecular flexibility index (Phi) is 4.98. The Balaban J connectivity index is 1.70. The van der Waals surface area contributed by atoms with Gasteiger partial charge in [-0.3, -0.25) is 4.79 Å². The number of carbonyl (C=O) groups excluding carboxylic acids is 1. The molecule has 0 aliphatic heterocycles. The zero-order chi connectivity index (χ0) is 19.7. The molecule has 5 nitrogen and oxygen atoms in total. The summed E-state index contributed by atoms with van der Waals surface area (Å²) in [6, 6.07) is 15.1. The molecule has 4 aromatic rings. The molecule has 0 fully saturated rings. The van der Waals surface area contributed by atoms with Crippen LogP contribution in [0.4, 0.5) is 11.5 Å². The fourth-order valence-electron chi connectivity index (χ4n) is 2.90. The summed E-state index contributed by atoms with van der Waals surface area (Å²) < 4.78 is 0. The highest BCUT2D eigenvalue weighted by Gasteiger charge is 2.14. The summed E-state index contributed by atoms with van der Waals surface area (Å²) in [4.78, 5) is 23.4. The van der Waals surface area contributed by atoms with Crippen LogP contribution in [-0.4, -0.2) is 34.9 Å². The molecule has 2 aromatic heterocycles. The Bertz CT molecular complexity index is 1140. The Morgan fingerprint density at radius 1 is 1.04 bits per heavy atom. The van der Waals surface area contributed by atoms with E-state index in [4.69, 9.17) is 11.6 Å². The molecule has 0 saturated carbocycles. The SMILES string of the molecule is CN(C)C(=O)c1ccc(Nc2ncnc3scc(-c4ccc(Cl)cc4)c23)cc1. The zero-order valence-corrected chi connectivity index (χ0v) is 16.9. The van der Waals surface area contributed by atoms with E-state index in [1.807, 2.05) is 36.4 Å². The Hall–Kier alpha value is -2.96. The number of thiophene rings is 1. The van der Waals surface area contributed by atoms with Gasteiger partial charge in [0, 0.05) is 41.3 Å². The zero-order valence-electron chi connectivity index (χ0n) is 15.3. The van der Waals surface area contributed by atoms with Crippen molar-refractivity contribution in [1.82, 2.24) is 14.9 Å². The van der Waals surface area contributed by atoms with Crippen molar-refractivity contribution < 1.29 is 4.79 Å². The second kappa shape index (κ2) is 7.58. The Morgan fingerprint density at radius 3 is 2.43 bits per heavy atom. The number of anilines is 2. The lowest BCUT2D eigenvalue weighted by molar-refractivity contribution is 0.0827. The molecule has 0 unspecified atom stereocenters. The van der Waals surface area contributed by atoms with Crippen molar-refractivity contribution in [2.75, 3.05) is 19.4 Å². The highest BCUT2D eigenvalue weighted by Crippen LogP contribution is 2.37. The Labute approximate surface area is 171 Å². The minimum atomic E-state index is -0.0289. The largest absolute Gasteiger partial charge is 0.345 e. The third-order valence-electron chi connectivity index (χ3n) is 4.33. The first-order valence-corrected chi connectivity index (χ1v) is 9.85. The van der Waals surface area contributed by atoms with Crippen LogP contribution >= 0.6 is 22.9 Å². The van der Waals surface area contributed by atoms with E-state index >= 15 is 0 Å². The summed E-state index contributed by atoms with van der Waals surface area (Å²) >= 11 is 7.60. The monoisotopic (exact) mass is 408 g/mol. The fourth-order valence-corrected chi connectivity index (χ4v) is 3.94. The van der Waals surface area contributed by atoms with Crippen LogP contribution in [0.15, 0.2) is 60.2 Å². The number of carbonyl (C=O) groups is 1. The van der Waals surface area contributed by atoms with Gasteiger partial charge in [-0.2, -0.15) is 0 Å². The molecule has 7 heteroatoms. The number of aromatic nitrogens is 2. The lowest BCUT2D eigenvalue weighted by Crippen LogP contribution is -2.21. The van der Waals surface area contributed by atoms with Gasteiger partial charge >= 0.3 is 0 Å². The minimum absolute atomic E-state index is 0.0289. The summed E-state index contributed by atoms with van der Waals surface area (Å²) in [5.41, 5.74) is 3.60. The van der Waals surface area contributed by atoms with E-state index in [-0.39, 0.29) is 5.91 Å². The standard InChI is InChI=1S/C21H17ClN4OS/c1-26(2)21(27)14-5-9-16(10-6-14)25-19-18-17(11-28-20(18)24-12-23-19)13-3-7-15(22)8-4-13/h3-12H,1-2H3,(H,23,24,25). The van der Waals surface area contributed by atoms with Crippen molar-refractivity contribution in [1.29, 1.82) is 0 Å². The highest BCUT2D eigenvalue weighted by atomic mass is 35.5. The van der Waals surface area contributed by atoms with Gasteiger partial charge in [-0.15, -0.1) is 11.3 Å². The molecular weight excluding hydrogens is 392 g/mol. The minimum Gasteiger partial charge on any atom is -0.345 e. The van der Waals surface area contributed by atoms with E-state index in [0.717, 1.165) is 32.8 Å². The van der Waals surface area contributed by atoms with E-state index in [1.54, 1.807) is 48.8 Å². The van der Waals surface area contributed by atoms with E-state index in [0.29, 0.717) is 10.6 Å². The first-order valence-electron chi connectivity index (χ1n) is 8.60. The number of rotatable bonds is 4. The van der Waals surface area contributed by atoms with E-state index in [9.17, 15) is 4.79 Å². The van der Waals surface area contributed by atoms with Crippen molar-refractivity contribution in [3.8, 4) is 11.1 Å². The number of nitrogens with one attached hydrogen (secondary N) is 1. The topological polar surface area (TPSA) is 58.1 Å². The van der Waals surface area contributed by atoms with Gasteiger partial charge in [0.25, 0.3) is 5.91 Å². The van der Waals surface area contributed by atoms with Crippen molar-refractivity contribution in [2.45, 2.75) is 0 Å². The molecule has 0 radical (unpaired) electrons. The second-order valence-electron chi connectivity index (χ2n) is 6.46. The molecule has 0 aliphatic rings. The molecule has 2 heterocycles. The van der Waals surface area contributed by atoms with Crippen LogP contribution in [0, 0.1) is 0 Å². The molecule has 0 bridgehead atoms. The van der Waals surface area contributed by atoms with Crippen LogP contribution in [0.25, 0.3) is 21.3 Å². The van der Waals surface area contributed by atoms with Gasteiger partial charge in [-0.05, 0) is 42.0 Å². The second-order valence-corrected chi connectivity index (χ2v) is 7.76. The molecule has 0 saturated heterocycles. The van der Waals surface area contributed by atoms with Crippen molar-refractivity contribution in [2.24, 2.45) is 0 Å². The number of amides is 1. The quantitative estimate of drug-likeness (QED) is 0.487. The van der Waals surface area contributed by atoms with Crippen LogP contribution < -0.4 is 5.32 Å². The first-order chi connectivity index (χ1) is 13.5. The van der Waals surface area contributed by atoms with Crippen LogP contribution in [0.3, 0.4) is 0 Å². The van der Waals surface area contributed by atoms with Gasteiger partial charge in [0.2, 0.25) is 0 Å². The van der Waals surface area contributed by atoms with E-state index in [2.05, 4.69) is 20.7 Å². The predicted molar refractivity (Wildman–Crippen MR) is 116 cm³/mol. The highest BCUT2D eigenvalue weighted by molar-refractivity contribution is 7.17. The van der Waals surface area contributed by atoms with Gasteiger partial charge in [-0.25, -0.2) is 9.97 Å². The van der Waals surface area contributed by atoms with Gasteiger partial charge in [-0.1, -0.05) is 23.7 Å². The maximum atomic E-state index is 12.1. The van der Waals surface area contributed by atoms with Crippen LogP contribution in [0.1, 0.15) is 10.4 Å². The molecule has 28 heavy (non-hydrogen) atoms. The first kappa shape index (κ1) is 18.4. The van der Waals surface area contributed by atoms with E-state index < -0.39 is 0 Å². The smallest absolute Gasteiger partial charge is 0.253 e. The molecule has 4 rings (SSSR count). The van der Waals surface area contributed by atoms with Crippen LogP contribution in [0.5, 0.6) is 0 Å². The number of nitrogens with zero attached hydrogens (tertiary/aromatic N) is 3. The van der Waals surface area contributed by atoms with Crippen molar-refractivity contribution in [3.05, 3.63) is 70.8 Å². The average molecular weight is 409 g/mol. The average Bonchev–Trinajstić information content (AvgIpc) is 3.14. The molecule has 2 aromatic carbocycles. The molecule has 0 atom stereocenters. The normalized spacial score (nSPS) is 10.8. The summed E-state index contributed by atoms with van der Waals surface area (Å²) in [5, 5.41) is 7.09. The third kappa shape index (κ3) is 3.56. The van der Waals surface area contributed by atoms with Gasteiger partial charge in [0.1, 0.15) is 17.0 Å². The summed E-state index contributed by atoms with van der Waals surface area (Å²) in [6.45, 7) is 0. The molecular formula is C21H17ClN4OS. The summed E-state index contributed by atoms with van der Waals surface area (Å²) in [5.74, 6) is 0.696. The van der Waals surface area contributed by atoms with Gasteiger partial charge in [0.05, 0.1) is 5.39 Å². The van der Waals surface area contributed by atoms with Crippen molar-refractivity contribution in [3.63, 3.8) is 0 Å². The van der Waals surface area contributed by atoms with Crippen molar-refractivity contribution >= 4 is 50.6 Å². The Morgan fingerprint density at radius 2 is 1.75 bits per heavy atom. The predicted octanol–water partition coefficient (Wildman–Crippen LogP) is 5.46. The molecule has 0 aliphatic carbocycles. The number of hydrogen-bond acceptors (Lipinski definition) is 5. The lowest BCUT2D eigenvalue weighted by Gasteiger charge is -2.12. The summed E-state index contributed by atoms with van der Waals surface area (Å²) in [7, 11) is 3.47. The lowest BCUT2D eigenvalue weighted by atomic mass is 10.1.